The molecule has 0 bridgehead atoms. The fourth-order valence-corrected chi connectivity index (χ4v) is 4.39. The van der Waals surface area contributed by atoms with Gasteiger partial charge in [0.1, 0.15) is 5.82 Å². The van der Waals surface area contributed by atoms with Gasteiger partial charge >= 0.3 is 0 Å². The van der Waals surface area contributed by atoms with Crippen LogP contribution in [0.1, 0.15) is 6.42 Å². The van der Waals surface area contributed by atoms with Crippen molar-refractivity contribution in [2.45, 2.75) is 12.5 Å². The zero-order chi connectivity index (χ0) is 19.0. The Morgan fingerprint density at radius 1 is 1.37 bits per heavy atom. The molecule has 2 aliphatic carbocycles. The molecule has 1 unspecified atom stereocenters. The van der Waals surface area contributed by atoms with Crippen molar-refractivity contribution < 1.29 is 14.0 Å². The molecule has 0 aromatic heterocycles. The third-order valence-corrected chi connectivity index (χ3v) is 5.67. The van der Waals surface area contributed by atoms with Crippen molar-refractivity contribution in [3.05, 3.63) is 69.9 Å². The Labute approximate surface area is 164 Å². The van der Waals surface area contributed by atoms with Crippen LogP contribution in [0.3, 0.4) is 0 Å². The number of rotatable bonds is 4. The summed E-state index contributed by atoms with van der Waals surface area (Å²) >= 11 is 3.26. The molecule has 0 spiro atoms. The molecule has 1 saturated heterocycles. The van der Waals surface area contributed by atoms with Crippen molar-refractivity contribution >= 4 is 40.0 Å². The number of hydrogen-bond donors (Lipinski definition) is 1. The van der Waals surface area contributed by atoms with Crippen molar-refractivity contribution in [3.63, 3.8) is 0 Å². The molecule has 0 radical (unpaired) electrons. The Hall–Kier alpha value is -2.47. The van der Waals surface area contributed by atoms with Gasteiger partial charge in [-0.15, -0.1) is 0 Å². The van der Waals surface area contributed by atoms with Gasteiger partial charge in [-0.1, -0.05) is 52.4 Å². The van der Waals surface area contributed by atoms with Crippen LogP contribution in [0.2, 0.25) is 0 Å². The van der Waals surface area contributed by atoms with E-state index in [0.717, 1.165) is 27.3 Å². The molecule has 1 heterocycles. The summed E-state index contributed by atoms with van der Waals surface area (Å²) in [4.78, 5) is 25.3. The van der Waals surface area contributed by atoms with E-state index < -0.39 is 0 Å². The molecule has 4 rings (SSSR count). The second-order valence-electron chi connectivity index (χ2n) is 6.73. The van der Waals surface area contributed by atoms with Gasteiger partial charge in [-0.2, -0.15) is 0 Å². The van der Waals surface area contributed by atoms with Crippen LogP contribution in [0.5, 0.6) is 0 Å². The first-order chi connectivity index (χ1) is 13.1. The molecule has 1 aromatic carbocycles. The lowest BCUT2D eigenvalue weighted by Gasteiger charge is -2.25. The summed E-state index contributed by atoms with van der Waals surface area (Å²) in [6, 6.07) is 4.50. The zero-order valence-corrected chi connectivity index (χ0v) is 16.1. The van der Waals surface area contributed by atoms with Crippen LogP contribution in [0.4, 0.5) is 4.39 Å². The quantitative estimate of drug-likeness (QED) is 0.583. The van der Waals surface area contributed by atoms with E-state index in [9.17, 15) is 14.0 Å². The van der Waals surface area contributed by atoms with E-state index in [1.165, 1.54) is 12.1 Å². The molecule has 2 amide bonds. The lowest BCUT2D eigenvalue weighted by Crippen LogP contribution is -2.43. The first-order valence-corrected chi connectivity index (χ1v) is 9.91. The average molecular weight is 429 g/mol. The van der Waals surface area contributed by atoms with Gasteiger partial charge in [0.2, 0.25) is 12.3 Å². The summed E-state index contributed by atoms with van der Waals surface area (Å²) in [5.74, 6) is -0.372. The molecular weight excluding hydrogens is 411 g/mol. The lowest BCUT2D eigenvalue weighted by atomic mass is 9.89. The number of carbonyl (C=O) groups is 2. The minimum absolute atomic E-state index is 0.0745. The van der Waals surface area contributed by atoms with Gasteiger partial charge in [-0.3, -0.25) is 9.59 Å². The van der Waals surface area contributed by atoms with Gasteiger partial charge in [0, 0.05) is 17.7 Å². The summed E-state index contributed by atoms with van der Waals surface area (Å²) in [5.41, 5.74) is 2.90. The number of benzene rings is 1. The lowest BCUT2D eigenvalue weighted by molar-refractivity contribution is -0.126. The first-order valence-electron chi connectivity index (χ1n) is 8.79. The molecular formula is C21H18BrFN2O2. The van der Waals surface area contributed by atoms with Crippen LogP contribution in [-0.2, 0) is 9.59 Å². The maximum Gasteiger partial charge on any atom is 0.237 e. The Morgan fingerprint density at radius 3 is 3.00 bits per heavy atom. The van der Waals surface area contributed by atoms with E-state index in [2.05, 4.69) is 39.5 Å². The maximum absolute atomic E-state index is 14.1. The minimum atomic E-state index is -0.337. The van der Waals surface area contributed by atoms with Crippen LogP contribution in [0, 0.1) is 11.7 Å². The van der Waals surface area contributed by atoms with E-state index >= 15 is 0 Å². The molecule has 1 fully saturated rings. The molecule has 1 aromatic rings. The highest BCUT2D eigenvalue weighted by Gasteiger charge is 2.39. The third kappa shape index (κ3) is 3.08. The minimum Gasteiger partial charge on any atom is -0.357 e. The van der Waals surface area contributed by atoms with Gasteiger partial charge in [0.05, 0.1) is 17.1 Å². The highest BCUT2D eigenvalue weighted by molar-refractivity contribution is 9.09. The van der Waals surface area contributed by atoms with Gasteiger partial charge < -0.3 is 10.2 Å². The van der Waals surface area contributed by atoms with Crippen LogP contribution in [-0.4, -0.2) is 35.1 Å². The Balaban J connectivity index is 2.03. The summed E-state index contributed by atoms with van der Waals surface area (Å²) in [7, 11) is 0. The summed E-state index contributed by atoms with van der Waals surface area (Å²) < 4.78 is 14.1. The summed E-state index contributed by atoms with van der Waals surface area (Å²) in [5, 5.41) is 4.47. The number of nitrogens with one attached hydrogen (secondary N) is 1. The highest BCUT2D eigenvalue weighted by atomic mass is 79.9. The number of fused-ring (bicyclic) bond motifs is 3. The zero-order valence-electron chi connectivity index (χ0n) is 14.5. The van der Waals surface area contributed by atoms with Gasteiger partial charge in [0.25, 0.3) is 0 Å². The van der Waals surface area contributed by atoms with E-state index in [4.69, 9.17) is 0 Å². The van der Waals surface area contributed by atoms with Crippen molar-refractivity contribution in [2.75, 3.05) is 11.9 Å². The summed E-state index contributed by atoms with van der Waals surface area (Å²) in [6.07, 6.45) is 11.5. The van der Waals surface area contributed by atoms with Crippen molar-refractivity contribution in [1.82, 2.24) is 10.2 Å². The Morgan fingerprint density at radius 2 is 2.22 bits per heavy atom. The predicted molar refractivity (Wildman–Crippen MR) is 105 cm³/mol. The Kier molecular flexibility index (Phi) is 4.83. The molecule has 0 saturated carbocycles. The predicted octanol–water partition coefficient (Wildman–Crippen LogP) is 1.51. The molecule has 27 heavy (non-hydrogen) atoms. The van der Waals surface area contributed by atoms with Crippen LogP contribution in [0.25, 0.3) is 11.8 Å². The van der Waals surface area contributed by atoms with Crippen LogP contribution >= 0.6 is 15.9 Å². The van der Waals surface area contributed by atoms with E-state index in [-0.39, 0.29) is 29.0 Å². The number of nitrogens with zero attached hydrogens (tertiary/aromatic N) is 1. The number of likely N-dealkylation sites (tertiary alicyclic amines) is 1. The number of allylic oxidation sites excluding steroid dienone is 5. The largest absolute Gasteiger partial charge is 0.357 e. The van der Waals surface area contributed by atoms with Crippen molar-refractivity contribution in [2.24, 2.45) is 5.92 Å². The topological polar surface area (TPSA) is 49.4 Å². The van der Waals surface area contributed by atoms with E-state index in [1.807, 2.05) is 12.2 Å². The van der Waals surface area contributed by atoms with E-state index in [1.54, 1.807) is 11.0 Å². The van der Waals surface area contributed by atoms with Crippen molar-refractivity contribution in [1.29, 1.82) is 0 Å². The third-order valence-electron chi connectivity index (χ3n) is 5.19. The standard InChI is InChI=1S/C21H18BrFN2O2/c22-10-20(27)25-16(11-24-12-26)9-19-17-4-2-1-3-13(17)7-14-5-6-15(23)8-18(14)21(19)25/h1-8,12-13,16H,9-11H2,(H,24,26)/t13?,16-/m1/s1. The molecule has 2 atom stereocenters. The molecule has 138 valence electrons. The average Bonchev–Trinajstić information content (AvgIpc) is 3.00. The molecule has 1 N–H and O–H groups in total. The summed E-state index contributed by atoms with van der Waals surface area (Å²) in [6.45, 7) is 0.348. The monoisotopic (exact) mass is 428 g/mol. The second-order valence-corrected chi connectivity index (χ2v) is 7.29. The fraction of sp³-hybridized carbons (Fsp3) is 0.238. The molecule has 1 aliphatic heterocycles. The number of amides is 2. The molecule has 6 heteroatoms. The van der Waals surface area contributed by atoms with Gasteiger partial charge in [-0.05, 0) is 34.9 Å². The smallest absolute Gasteiger partial charge is 0.237 e. The molecule has 3 aliphatic rings. The fourth-order valence-electron chi connectivity index (χ4n) is 4.12. The van der Waals surface area contributed by atoms with Gasteiger partial charge in [0.15, 0.2) is 0 Å². The normalized spacial score (nSPS) is 22.6. The number of alkyl halides is 1. The number of carbonyl (C=O) groups excluding carboxylic acids is 2. The van der Waals surface area contributed by atoms with Gasteiger partial charge in [-0.25, -0.2) is 4.39 Å². The SMILES string of the molecule is O=CNC[C@H]1CC2=C3C=CC=CC3C=c3ccc(F)cc3=C2N1C(=O)CBr. The first kappa shape index (κ1) is 17.9. The van der Waals surface area contributed by atoms with Crippen molar-refractivity contribution in [3.8, 4) is 0 Å². The molecule has 4 nitrogen and oxygen atoms in total. The second kappa shape index (κ2) is 7.27. The number of halogens is 2. The van der Waals surface area contributed by atoms with Crippen LogP contribution in [0.15, 0.2) is 53.6 Å². The number of hydrogen-bond acceptors (Lipinski definition) is 2. The van der Waals surface area contributed by atoms with Crippen LogP contribution < -0.4 is 15.8 Å². The Bertz CT molecular complexity index is 1030. The maximum atomic E-state index is 14.1. The highest BCUT2D eigenvalue weighted by Crippen LogP contribution is 2.40. The van der Waals surface area contributed by atoms with E-state index in [0.29, 0.717) is 19.4 Å².